The molecule has 1 aliphatic rings. The molecule has 8 heteroatoms. The summed E-state index contributed by atoms with van der Waals surface area (Å²) < 4.78 is 22.1. The number of nitrogens with one attached hydrogen (secondary N) is 1. The molecule has 29 heavy (non-hydrogen) atoms. The molecule has 0 fully saturated rings. The van der Waals surface area contributed by atoms with Gasteiger partial charge in [0.2, 0.25) is 6.79 Å². The predicted molar refractivity (Wildman–Crippen MR) is 103 cm³/mol. The summed E-state index contributed by atoms with van der Waals surface area (Å²) in [6.07, 6.45) is 0. The molecule has 0 atom stereocenters. The number of carbonyl (C=O) groups excluding carboxylic acids is 1. The second kappa shape index (κ2) is 6.66. The monoisotopic (exact) mass is 391 g/mol. The maximum Gasteiger partial charge on any atom is 0.309 e. The molecule has 2 aromatic carbocycles. The maximum atomic E-state index is 12.4. The zero-order valence-corrected chi connectivity index (χ0v) is 15.8. The smallest absolute Gasteiger partial charge is 0.309 e. The lowest BCUT2D eigenvalue weighted by Crippen LogP contribution is -2.23. The molecule has 1 amide bonds. The molecule has 0 saturated heterocycles. The van der Waals surface area contributed by atoms with E-state index >= 15 is 0 Å². The lowest BCUT2D eigenvalue weighted by Gasteiger charge is -2.04. The standard InChI is InChI=1S/C21H17N3O5/c1-11-4-3-5-14-12(2)18(28-17(11)14)20-23-24-21(29-20)19(25)22-9-13-6-7-15-16(8-13)27-10-26-15/h3-8H,9-10H2,1-2H3,(H,22,25). The van der Waals surface area contributed by atoms with Gasteiger partial charge in [-0.3, -0.25) is 4.79 Å². The molecule has 2 aromatic heterocycles. The first-order chi connectivity index (χ1) is 14.1. The Morgan fingerprint density at radius 1 is 1.07 bits per heavy atom. The van der Waals surface area contributed by atoms with E-state index in [0.29, 0.717) is 17.3 Å². The number of aryl methyl sites for hydroxylation is 2. The second-order valence-corrected chi connectivity index (χ2v) is 6.79. The van der Waals surface area contributed by atoms with Crippen molar-refractivity contribution in [2.24, 2.45) is 0 Å². The van der Waals surface area contributed by atoms with Gasteiger partial charge >= 0.3 is 11.8 Å². The van der Waals surface area contributed by atoms with Crippen LogP contribution in [0.25, 0.3) is 22.6 Å². The van der Waals surface area contributed by atoms with Gasteiger partial charge in [-0.2, -0.15) is 0 Å². The van der Waals surface area contributed by atoms with Gasteiger partial charge in [0.1, 0.15) is 5.58 Å². The number of aromatic nitrogens is 2. The highest BCUT2D eigenvalue weighted by molar-refractivity contribution is 5.90. The van der Waals surface area contributed by atoms with E-state index < -0.39 is 5.91 Å². The minimum Gasteiger partial charge on any atom is -0.454 e. The predicted octanol–water partition coefficient (Wildman–Crippen LogP) is 3.76. The SMILES string of the molecule is Cc1c(-c2nnc(C(=O)NCc3ccc4c(c3)OCO4)o2)oc2c(C)cccc12. The van der Waals surface area contributed by atoms with E-state index in [2.05, 4.69) is 15.5 Å². The Bertz CT molecular complexity index is 1240. The van der Waals surface area contributed by atoms with Crippen LogP contribution in [-0.4, -0.2) is 22.9 Å². The topological polar surface area (TPSA) is 99.6 Å². The van der Waals surface area contributed by atoms with E-state index in [-0.39, 0.29) is 25.1 Å². The van der Waals surface area contributed by atoms with Crippen LogP contribution in [0, 0.1) is 13.8 Å². The molecule has 0 saturated carbocycles. The first kappa shape index (κ1) is 17.3. The van der Waals surface area contributed by atoms with E-state index in [0.717, 1.165) is 27.7 Å². The van der Waals surface area contributed by atoms with Gasteiger partial charge in [0.05, 0.1) is 0 Å². The molecule has 146 valence electrons. The summed E-state index contributed by atoms with van der Waals surface area (Å²) in [6.45, 7) is 4.38. The Kier molecular flexibility index (Phi) is 3.97. The number of ether oxygens (including phenoxy) is 2. The molecule has 0 bridgehead atoms. The number of hydrogen-bond acceptors (Lipinski definition) is 7. The highest BCUT2D eigenvalue weighted by Gasteiger charge is 2.22. The average Bonchev–Trinajstić information content (AvgIpc) is 3.45. The fraction of sp³-hybridized carbons (Fsp3) is 0.190. The zero-order chi connectivity index (χ0) is 20.0. The average molecular weight is 391 g/mol. The van der Waals surface area contributed by atoms with Crippen molar-refractivity contribution in [2.75, 3.05) is 6.79 Å². The van der Waals surface area contributed by atoms with E-state index in [1.165, 1.54) is 0 Å². The van der Waals surface area contributed by atoms with E-state index in [1.807, 2.05) is 44.2 Å². The lowest BCUT2D eigenvalue weighted by molar-refractivity contribution is 0.0916. The quantitative estimate of drug-likeness (QED) is 0.565. The summed E-state index contributed by atoms with van der Waals surface area (Å²) in [7, 11) is 0. The van der Waals surface area contributed by atoms with Crippen LogP contribution in [0.3, 0.4) is 0 Å². The third-order valence-electron chi connectivity index (χ3n) is 4.86. The van der Waals surface area contributed by atoms with Gasteiger partial charge in [-0.15, -0.1) is 10.2 Å². The number of hydrogen-bond donors (Lipinski definition) is 1. The van der Waals surface area contributed by atoms with Gasteiger partial charge in [-0.1, -0.05) is 24.3 Å². The van der Waals surface area contributed by atoms with Crippen molar-refractivity contribution < 1.29 is 23.1 Å². The highest BCUT2D eigenvalue weighted by atomic mass is 16.7. The molecule has 3 heterocycles. The molecular formula is C21H17N3O5. The highest BCUT2D eigenvalue weighted by Crippen LogP contribution is 2.34. The van der Waals surface area contributed by atoms with Crippen LogP contribution in [0.2, 0.25) is 0 Å². The van der Waals surface area contributed by atoms with Crippen molar-refractivity contribution in [3.8, 4) is 23.1 Å². The number of nitrogens with zero attached hydrogens (tertiary/aromatic N) is 2. The summed E-state index contributed by atoms with van der Waals surface area (Å²) in [5.41, 5.74) is 3.54. The number of para-hydroxylation sites is 1. The van der Waals surface area contributed by atoms with Crippen molar-refractivity contribution in [1.29, 1.82) is 0 Å². The summed E-state index contributed by atoms with van der Waals surface area (Å²) in [4.78, 5) is 12.4. The maximum absolute atomic E-state index is 12.4. The number of amides is 1. The third-order valence-corrected chi connectivity index (χ3v) is 4.86. The molecule has 0 spiro atoms. The molecule has 1 aliphatic heterocycles. The fourth-order valence-electron chi connectivity index (χ4n) is 3.30. The van der Waals surface area contributed by atoms with Gasteiger partial charge in [0.25, 0.3) is 5.89 Å². The largest absolute Gasteiger partial charge is 0.454 e. The van der Waals surface area contributed by atoms with Crippen LogP contribution in [0.15, 0.2) is 45.2 Å². The van der Waals surface area contributed by atoms with Crippen LogP contribution in [0.4, 0.5) is 0 Å². The van der Waals surface area contributed by atoms with Gasteiger partial charge in [-0.05, 0) is 37.1 Å². The summed E-state index contributed by atoms with van der Waals surface area (Å²) in [6, 6.07) is 11.4. The number of fused-ring (bicyclic) bond motifs is 2. The molecule has 0 aliphatic carbocycles. The number of benzene rings is 2. The van der Waals surface area contributed by atoms with Crippen molar-refractivity contribution in [3.63, 3.8) is 0 Å². The van der Waals surface area contributed by atoms with Crippen LogP contribution in [0.1, 0.15) is 27.4 Å². The fourth-order valence-corrected chi connectivity index (χ4v) is 3.30. The van der Waals surface area contributed by atoms with Crippen LogP contribution < -0.4 is 14.8 Å². The second-order valence-electron chi connectivity index (χ2n) is 6.79. The van der Waals surface area contributed by atoms with Gasteiger partial charge in [0, 0.05) is 17.5 Å². The molecule has 0 radical (unpaired) electrons. The number of carbonyl (C=O) groups is 1. The normalized spacial score (nSPS) is 12.5. The summed E-state index contributed by atoms with van der Waals surface area (Å²) in [5.74, 6) is 1.40. The van der Waals surface area contributed by atoms with E-state index in [9.17, 15) is 4.79 Å². The minimum absolute atomic E-state index is 0.127. The van der Waals surface area contributed by atoms with E-state index in [4.69, 9.17) is 18.3 Å². The summed E-state index contributed by atoms with van der Waals surface area (Å²) >= 11 is 0. The van der Waals surface area contributed by atoms with Crippen molar-refractivity contribution in [2.45, 2.75) is 20.4 Å². The van der Waals surface area contributed by atoms with Crippen molar-refractivity contribution >= 4 is 16.9 Å². The molecule has 5 rings (SSSR count). The number of furan rings is 1. The first-order valence-electron chi connectivity index (χ1n) is 9.09. The Morgan fingerprint density at radius 3 is 2.79 bits per heavy atom. The van der Waals surface area contributed by atoms with Gasteiger partial charge in [-0.25, -0.2) is 0 Å². The first-order valence-corrected chi connectivity index (χ1v) is 9.09. The van der Waals surface area contributed by atoms with Crippen molar-refractivity contribution in [1.82, 2.24) is 15.5 Å². The molecule has 8 nitrogen and oxygen atoms in total. The Balaban J connectivity index is 1.34. The van der Waals surface area contributed by atoms with E-state index in [1.54, 1.807) is 6.07 Å². The van der Waals surface area contributed by atoms with Crippen LogP contribution in [0.5, 0.6) is 11.5 Å². The Hall–Kier alpha value is -3.81. The molecule has 4 aromatic rings. The van der Waals surface area contributed by atoms with Crippen LogP contribution in [-0.2, 0) is 6.54 Å². The van der Waals surface area contributed by atoms with Gasteiger partial charge in [0.15, 0.2) is 17.3 Å². The molecule has 1 N–H and O–H groups in total. The lowest BCUT2D eigenvalue weighted by atomic mass is 10.1. The molecular weight excluding hydrogens is 374 g/mol. The minimum atomic E-state index is -0.466. The Morgan fingerprint density at radius 2 is 1.93 bits per heavy atom. The van der Waals surface area contributed by atoms with Crippen LogP contribution >= 0.6 is 0 Å². The molecule has 0 unspecified atom stereocenters. The zero-order valence-electron chi connectivity index (χ0n) is 15.8. The van der Waals surface area contributed by atoms with Crippen molar-refractivity contribution in [3.05, 3.63) is 59.0 Å². The third kappa shape index (κ3) is 2.98. The number of rotatable bonds is 4. The Labute approximate surface area is 165 Å². The summed E-state index contributed by atoms with van der Waals surface area (Å²) in [5, 5.41) is 11.6. The van der Waals surface area contributed by atoms with Gasteiger partial charge < -0.3 is 23.6 Å².